The molecule has 4 heteroatoms. The van der Waals surface area contributed by atoms with Gasteiger partial charge < -0.3 is 9.32 Å². The number of amides is 1. The van der Waals surface area contributed by atoms with Crippen LogP contribution in [0, 0.1) is 6.92 Å². The maximum absolute atomic E-state index is 13.1. The maximum Gasteiger partial charge on any atom is 0.257 e. The average molecular weight is 406 g/mol. The van der Waals surface area contributed by atoms with Crippen LogP contribution in [0.15, 0.2) is 51.7 Å². The van der Waals surface area contributed by atoms with Gasteiger partial charge in [0.25, 0.3) is 5.91 Å². The van der Waals surface area contributed by atoms with E-state index in [9.17, 15) is 9.59 Å². The number of benzene rings is 2. The Bertz CT molecular complexity index is 1080. The molecule has 1 amide bonds. The third-order valence-electron chi connectivity index (χ3n) is 5.71. The number of fused-ring (bicyclic) bond motifs is 1. The molecule has 1 aromatic heterocycles. The molecule has 0 aliphatic rings. The first kappa shape index (κ1) is 21.8. The molecule has 4 nitrogen and oxygen atoms in total. The molecule has 0 bridgehead atoms. The summed E-state index contributed by atoms with van der Waals surface area (Å²) in [5, 5.41) is 0.449. The number of hydrogen-bond donors (Lipinski definition) is 0. The Hall–Kier alpha value is -2.88. The Morgan fingerprint density at radius 3 is 2.30 bits per heavy atom. The summed E-state index contributed by atoms with van der Waals surface area (Å²) in [5.41, 5.74) is 3.42. The van der Waals surface area contributed by atoms with Gasteiger partial charge in [0.05, 0.1) is 10.9 Å². The predicted octanol–water partition coefficient (Wildman–Crippen LogP) is 5.98. The smallest absolute Gasteiger partial charge is 0.257 e. The highest BCUT2D eigenvalue weighted by atomic mass is 16.3. The molecule has 0 saturated carbocycles. The summed E-state index contributed by atoms with van der Waals surface area (Å²) in [6, 6.07) is 13.4. The van der Waals surface area contributed by atoms with Gasteiger partial charge in [-0.25, -0.2) is 0 Å². The molecule has 0 fully saturated rings. The zero-order valence-corrected chi connectivity index (χ0v) is 18.5. The number of carbonyl (C=O) groups excluding carboxylic acids is 1. The van der Waals surface area contributed by atoms with Crippen molar-refractivity contribution in [3.8, 4) is 11.3 Å². The molecule has 0 spiro atoms. The fourth-order valence-electron chi connectivity index (χ4n) is 3.84. The minimum Gasteiger partial charge on any atom is -0.455 e. The molecule has 3 rings (SSSR count). The van der Waals surface area contributed by atoms with Crippen LogP contribution in [0.1, 0.15) is 61.5 Å². The van der Waals surface area contributed by atoms with E-state index < -0.39 is 0 Å². The van der Waals surface area contributed by atoms with Crippen molar-refractivity contribution < 1.29 is 9.21 Å². The fraction of sp³-hybridized carbons (Fsp3) is 0.385. The van der Waals surface area contributed by atoms with Gasteiger partial charge in [-0.2, -0.15) is 0 Å². The van der Waals surface area contributed by atoms with Crippen LogP contribution in [0.4, 0.5) is 0 Å². The van der Waals surface area contributed by atoms with Crippen molar-refractivity contribution in [2.75, 3.05) is 13.1 Å². The van der Waals surface area contributed by atoms with Gasteiger partial charge in [0.1, 0.15) is 5.76 Å². The minimum atomic E-state index is -0.116. The first-order chi connectivity index (χ1) is 14.5. The quantitative estimate of drug-likeness (QED) is 0.433. The van der Waals surface area contributed by atoms with E-state index >= 15 is 0 Å². The van der Waals surface area contributed by atoms with Crippen molar-refractivity contribution in [2.24, 2.45) is 0 Å². The molecule has 30 heavy (non-hydrogen) atoms. The van der Waals surface area contributed by atoms with E-state index in [0.29, 0.717) is 40.9 Å². The molecule has 158 valence electrons. The van der Waals surface area contributed by atoms with Gasteiger partial charge in [0.2, 0.25) is 0 Å². The first-order valence-corrected chi connectivity index (χ1v) is 11.0. The van der Waals surface area contributed by atoms with E-state index in [4.69, 9.17) is 4.42 Å². The highest BCUT2D eigenvalue weighted by Gasteiger charge is 2.20. The Kier molecular flexibility index (Phi) is 7.09. The molecular formula is C26H31NO3. The number of aryl methyl sites for hydroxylation is 1. The Balaban J connectivity index is 2.08. The summed E-state index contributed by atoms with van der Waals surface area (Å²) in [5.74, 6) is 0.419. The zero-order valence-electron chi connectivity index (χ0n) is 18.5. The van der Waals surface area contributed by atoms with E-state index in [2.05, 4.69) is 19.1 Å². The van der Waals surface area contributed by atoms with Gasteiger partial charge in [0.15, 0.2) is 11.0 Å². The molecule has 0 radical (unpaired) electrons. The summed E-state index contributed by atoms with van der Waals surface area (Å²) in [4.78, 5) is 27.8. The van der Waals surface area contributed by atoms with Crippen molar-refractivity contribution in [3.63, 3.8) is 0 Å². The molecule has 0 atom stereocenters. The van der Waals surface area contributed by atoms with Gasteiger partial charge in [-0.1, -0.05) is 50.1 Å². The van der Waals surface area contributed by atoms with Crippen molar-refractivity contribution >= 4 is 16.9 Å². The fourth-order valence-corrected chi connectivity index (χ4v) is 3.84. The molecular weight excluding hydrogens is 374 g/mol. The Labute approximate surface area is 178 Å². The highest BCUT2D eigenvalue weighted by Crippen LogP contribution is 2.28. The van der Waals surface area contributed by atoms with Gasteiger partial charge in [-0.05, 0) is 51.3 Å². The first-order valence-electron chi connectivity index (χ1n) is 11.0. The second kappa shape index (κ2) is 9.75. The van der Waals surface area contributed by atoms with Gasteiger partial charge in [0, 0.05) is 24.2 Å². The molecule has 0 N–H and O–H groups in total. The second-order valence-electron chi connectivity index (χ2n) is 7.70. The van der Waals surface area contributed by atoms with Crippen LogP contribution in [-0.2, 0) is 6.42 Å². The maximum atomic E-state index is 13.1. The summed E-state index contributed by atoms with van der Waals surface area (Å²) in [7, 11) is 0. The SMILES string of the molecule is CCCCCc1ccc(-c2oc3c(C(=O)N(CC)CC)cccc3c(=O)c2C)cc1. The lowest BCUT2D eigenvalue weighted by Crippen LogP contribution is -2.30. The second-order valence-corrected chi connectivity index (χ2v) is 7.70. The van der Waals surface area contributed by atoms with Crippen LogP contribution in [-0.4, -0.2) is 23.9 Å². The lowest BCUT2D eigenvalue weighted by Gasteiger charge is -2.19. The monoisotopic (exact) mass is 405 g/mol. The molecule has 1 heterocycles. The van der Waals surface area contributed by atoms with Crippen LogP contribution >= 0.6 is 0 Å². The molecule has 0 saturated heterocycles. The minimum absolute atomic E-state index is 0.0903. The van der Waals surface area contributed by atoms with Gasteiger partial charge >= 0.3 is 0 Å². The van der Waals surface area contributed by atoms with Gasteiger partial charge in [-0.15, -0.1) is 0 Å². The van der Waals surface area contributed by atoms with E-state index in [1.807, 2.05) is 26.0 Å². The lowest BCUT2D eigenvalue weighted by molar-refractivity contribution is 0.0774. The topological polar surface area (TPSA) is 50.5 Å². The van der Waals surface area contributed by atoms with Gasteiger partial charge in [-0.3, -0.25) is 9.59 Å². The third-order valence-corrected chi connectivity index (χ3v) is 5.71. The Morgan fingerprint density at radius 1 is 0.967 bits per heavy atom. The van der Waals surface area contributed by atoms with E-state index in [0.717, 1.165) is 12.0 Å². The molecule has 0 unspecified atom stereocenters. The molecule has 0 aliphatic carbocycles. The third kappa shape index (κ3) is 4.33. The van der Waals surface area contributed by atoms with Crippen LogP contribution in [0.2, 0.25) is 0 Å². The molecule has 3 aromatic rings. The van der Waals surface area contributed by atoms with E-state index in [-0.39, 0.29) is 11.3 Å². The summed E-state index contributed by atoms with van der Waals surface area (Å²) in [6.45, 7) is 9.09. The number of nitrogens with zero attached hydrogens (tertiary/aromatic N) is 1. The largest absolute Gasteiger partial charge is 0.455 e. The van der Waals surface area contributed by atoms with Crippen LogP contribution < -0.4 is 5.43 Å². The van der Waals surface area contributed by atoms with Crippen LogP contribution in [0.3, 0.4) is 0 Å². The predicted molar refractivity (Wildman–Crippen MR) is 123 cm³/mol. The van der Waals surface area contributed by atoms with E-state index in [1.165, 1.54) is 24.8 Å². The van der Waals surface area contributed by atoms with Crippen molar-refractivity contribution in [3.05, 3.63) is 69.4 Å². The van der Waals surface area contributed by atoms with E-state index in [1.54, 1.807) is 30.0 Å². The normalized spacial score (nSPS) is 11.1. The Morgan fingerprint density at radius 2 is 1.67 bits per heavy atom. The van der Waals surface area contributed by atoms with Crippen molar-refractivity contribution in [1.82, 2.24) is 4.90 Å². The number of rotatable bonds is 8. The molecule has 2 aromatic carbocycles. The average Bonchev–Trinajstić information content (AvgIpc) is 2.77. The molecule has 0 aliphatic heterocycles. The summed E-state index contributed by atoms with van der Waals surface area (Å²) < 4.78 is 6.24. The highest BCUT2D eigenvalue weighted by molar-refractivity contribution is 6.05. The summed E-state index contributed by atoms with van der Waals surface area (Å²) in [6.07, 6.45) is 4.66. The van der Waals surface area contributed by atoms with Crippen molar-refractivity contribution in [1.29, 1.82) is 0 Å². The lowest BCUT2D eigenvalue weighted by atomic mass is 10.0. The number of hydrogen-bond acceptors (Lipinski definition) is 3. The standard InChI is InChI=1S/C26H31NO3/c1-5-8-9-11-19-14-16-20(17-15-19)24-18(4)23(28)21-12-10-13-22(25(21)30-24)26(29)27(6-2)7-3/h10,12-17H,5-9,11H2,1-4H3. The summed E-state index contributed by atoms with van der Waals surface area (Å²) >= 11 is 0. The number of unbranched alkanes of at least 4 members (excludes halogenated alkanes) is 2. The van der Waals surface area contributed by atoms with Crippen LogP contribution in [0.5, 0.6) is 0 Å². The van der Waals surface area contributed by atoms with Crippen molar-refractivity contribution in [2.45, 2.75) is 53.4 Å². The number of para-hydroxylation sites is 1. The van der Waals surface area contributed by atoms with Crippen LogP contribution in [0.25, 0.3) is 22.3 Å². The zero-order chi connectivity index (χ0) is 21.7. The number of carbonyl (C=O) groups is 1.